The monoisotopic (exact) mass is 269 g/mol. The Morgan fingerprint density at radius 2 is 2.17 bits per heavy atom. The van der Waals surface area contributed by atoms with Crippen LogP contribution in [0.2, 0.25) is 5.02 Å². The maximum absolute atomic E-state index is 9.09. The van der Waals surface area contributed by atoms with Crippen molar-refractivity contribution in [1.82, 2.24) is 0 Å². The summed E-state index contributed by atoms with van der Waals surface area (Å²) in [5.74, 6) is 0.00529. The van der Waals surface area contributed by atoms with Crippen LogP contribution in [0.25, 0.3) is 0 Å². The molecule has 0 fully saturated rings. The first kappa shape index (κ1) is 14.8. The Kier molecular flexibility index (Phi) is 5.95. The van der Waals surface area contributed by atoms with E-state index in [2.05, 4.69) is 11.8 Å². The topological polar surface area (TPSA) is 73.3 Å². The van der Waals surface area contributed by atoms with E-state index in [9.17, 15) is 0 Å². The third kappa shape index (κ3) is 3.89. The first-order valence-corrected chi connectivity index (χ1v) is 6.47. The van der Waals surface area contributed by atoms with Crippen LogP contribution in [0.3, 0.4) is 0 Å². The number of hydrogen-bond donors (Lipinski definition) is 3. The van der Waals surface area contributed by atoms with Gasteiger partial charge in [-0.15, -0.1) is 0 Å². The van der Waals surface area contributed by atoms with Gasteiger partial charge < -0.3 is 15.7 Å². The number of unbranched alkanes of at least 4 members (excludes halogenated alkanes) is 1. The molecule has 1 aromatic carbocycles. The third-order valence-electron chi connectivity index (χ3n) is 2.75. The first-order valence-electron chi connectivity index (χ1n) is 6.10. The van der Waals surface area contributed by atoms with Crippen LogP contribution in [0.1, 0.15) is 25.3 Å². The van der Waals surface area contributed by atoms with Gasteiger partial charge in [0.2, 0.25) is 0 Å². The summed E-state index contributed by atoms with van der Waals surface area (Å²) in [5.41, 5.74) is 6.91. The van der Waals surface area contributed by atoms with E-state index in [1.807, 2.05) is 6.07 Å². The van der Waals surface area contributed by atoms with Crippen LogP contribution in [0, 0.1) is 5.41 Å². The van der Waals surface area contributed by atoms with Crippen LogP contribution in [0.5, 0.6) is 0 Å². The van der Waals surface area contributed by atoms with Gasteiger partial charge in [-0.1, -0.05) is 24.9 Å². The lowest BCUT2D eigenvalue weighted by Crippen LogP contribution is -2.28. The van der Waals surface area contributed by atoms with E-state index < -0.39 is 0 Å². The zero-order valence-electron chi connectivity index (χ0n) is 10.6. The van der Waals surface area contributed by atoms with Crippen LogP contribution in [0.15, 0.2) is 18.2 Å². The number of rotatable bonds is 7. The quantitative estimate of drug-likeness (QED) is 0.525. The lowest BCUT2D eigenvalue weighted by Gasteiger charge is -2.25. The minimum absolute atomic E-state index is 0.00529. The van der Waals surface area contributed by atoms with Gasteiger partial charge in [0.05, 0.1) is 17.3 Å². The molecule has 0 atom stereocenters. The number of nitrogens with zero attached hydrogens (tertiary/aromatic N) is 1. The molecule has 1 rings (SSSR count). The molecule has 0 aliphatic rings. The summed E-state index contributed by atoms with van der Waals surface area (Å²) < 4.78 is 0. The highest BCUT2D eigenvalue weighted by Crippen LogP contribution is 2.27. The maximum atomic E-state index is 9.09. The number of aliphatic hydroxyl groups excluding tert-OH is 1. The van der Waals surface area contributed by atoms with Gasteiger partial charge in [-0.05, 0) is 24.6 Å². The molecule has 4 nitrogen and oxygen atoms in total. The molecule has 0 amide bonds. The average molecular weight is 270 g/mol. The predicted octanol–water partition coefficient (Wildman–Crippen LogP) is 2.22. The molecule has 1 aromatic rings. The summed E-state index contributed by atoms with van der Waals surface area (Å²) in [7, 11) is 0. The molecule has 18 heavy (non-hydrogen) atoms. The van der Waals surface area contributed by atoms with Crippen LogP contribution < -0.4 is 10.6 Å². The summed E-state index contributed by atoms with van der Waals surface area (Å²) >= 11 is 6.21. The number of benzene rings is 1. The second kappa shape index (κ2) is 7.24. The van der Waals surface area contributed by atoms with Crippen molar-refractivity contribution in [3.05, 3.63) is 28.8 Å². The zero-order valence-corrected chi connectivity index (χ0v) is 11.4. The molecule has 0 saturated carbocycles. The van der Waals surface area contributed by atoms with Crippen molar-refractivity contribution in [2.24, 2.45) is 5.73 Å². The van der Waals surface area contributed by atoms with Crippen molar-refractivity contribution in [2.75, 3.05) is 24.6 Å². The Hall–Kier alpha value is -1.26. The fraction of sp³-hybridized carbons (Fsp3) is 0.462. The Morgan fingerprint density at radius 1 is 1.44 bits per heavy atom. The van der Waals surface area contributed by atoms with Crippen LogP contribution in [-0.2, 0) is 0 Å². The lowest BCUT2D eigenvalue weighted by molar-refractivity contribution is 0.301. The van der Waals surface area contributed by atoms with Crippen LogP contribution >= 0.6 is 11.6 Å². The first-order chi connectivity index (χ1) is 8.60. The molecule has 0 radical (unpaired) electrons. The number of nitrogens with one attached hydrogen (secondary N) is 1. The van der Waals surface area contributed by atoms with Crippen LogP contribution in [-0.4, -0.2) is 30.6 Å². The molecule has 0 aliphatic carbocycles. The summed E-state index contributed by atoms with van der Waals surface area (Å²) in [6.07, 6.45) is 2.13. The number of nitrogens with two attached hydrogens (primary N) is 1. The number of amidine groups is 1. The van der Waals surface area contributed by atoms with Gasteiger partial charge >= 0.3 is 0 Å². The third-order valence-corrected chi connectivity index (χ3v) is 3.05. The molecule has 4 N–H and O–H groups in total. The number of anilines is 1. The van der Waals surface area contributed by atoms with Crippen LogP contribution in [0.4, 0.5) is 5.69 Å². The molecule has 0 saturated heterocycles. The smallest absolute Gasteiger partial charge is 0.122 e. The minimum Gasteiger partial charge on any atom is -0.395 e. The Bertz CT molecular complexity index is 409. The standard InChI is InChI=1S/C13H20ClN3O/c1-2-3-6-17(7-8-18)12-5-4-10(13(15)16)9-11(12)14/h4-5,9,18H,2-3,6-8H2,1H3,(H3,15,16). The highest BCUT2D eigenvalue weighted by atomic mass is 35.5. The zero-order chi connectivity index (χ0) is 13.5. The highest BCUT2D eigenvalue weighted by molar-refractivity contribution is 6.33. The number of aliphatic hydroxyl groups is 1. The molecule has 0 aliphatic heterocycles. The van der Waals surface area contributed by atoms with E-state index in [0.717, 1.165) is 25.1 Å². The Morgan fingerprint density at radius 3 is 2.67 bits per heavy atom. The van der Waals surface area contributed by atoms with Crippen molar-refractivity contribution in [3.63, 3.8) is 0 Å². The average Bonchev–Trinajstić information content (AvgIpc) is 2.34. The molecule has 0 aromatic heterocycles. The van der Waals surface area contributed by atoms with Crippen molar-refractivity contribution in [2.45, 2.75) is 19.8 Å². The predicted molar refractivity (Wildman–Crippen MR) is 76.7 cm³/mol. The van der Waals surface area contributed by atoms with Gasteiger partial charge in [0.1, 0.15) is 5.84 Å². The van der Waals surface area contributed by atoms with E-state index in [4.69, 9.17) is 27.9 Å². The van der Waals surface area contributed by atoms with E-state index in [1.165, 1.54) is 0 Å². The van der Waals surface area contributed by atoms with Gasteiger partial charge in [-0.25, -0.2) is 0 Å². The van der Waals surface area contributed by atoms with Gasteiger partial charge in [0, 0.05) is 18.7 Å². The molecule has 5 heteroatoms. The highest BCUT2D eigenvalue weighted by Gasteiger charge is 2.10. The fourth-order valence-electron chi connectivity index (χ4n) is 1.75. The van der Waals surface area contributed by atoms with Gasteiger partial charge in [0.15, 0.2) is 0 Å². The summed E-state index contributed by atoms with van der Waals surface area (Å²) in [6.45, 7) is 3.63. The molecule has 0 spiro atoms. The van der Waals surface area contributed by atoms with E-state index >= 15 is 0 Å². The number of nitrogen functional groups attached to an aromatic ring is 1. The fourth-order valence-corrected chi connectivity index (χ4v) is 2.05. The van der Waals surface area contributed by atoms with E-state index in [0.29, 0.717) is 17.1 Å². The van der Waals surface area contributed by atoms with Crippen molar-refractivity contribution in [1.29, 1.82) is 5.41 Å². The summed E-state index contributed by atoms with van der Waals surface area (Å²) in [6, 6.07) is 5.32. The summed E-state index contributed by atoms with van der Waals surface area (Å²) in [5, 5.41) is 17.0. The SMILES string of the molecule is CCCCN(CCO)c1ccc(C(=N)N)cc1Cl. The Balaban J connectivity index is 2.93. The van der Waals surface area contributed by atoms with Gasteiger partial charge in [-0.2, -0.15) is 0 Å². The minimum atomic E-state index is 0.00529. The van der Waals surface area contributed by atoms with Crippen molar-refractivity contribution >= 4 is 23.1 Å². The molecule has 0 heterocycles. The normalized spacial score (nSPS) is 10.4. The number of halogens is 1. The van der Waals surface area contributed by atoms with E-state index in [-0.39, 0.29) is 12.4 Å². The second-order valence-electron chi connectivity index (χ2n) is 4.14. The van der Waals surface area contributed by atoms with Gasteiger partial charge in [-0.3, -0.25) is 5.41 Å². The summed E-state index contributed by atoms with van der Waals surface area (Å²) in [4.78, 5) is 2.05. The molecule has 0 unspecified atom stereocenters. The molecule has 100 valence electrons. The van der Waals surface area contributed by atoms with Crippen molar-refractivity contribution in [3.8, 4) is 0 Å². The second-order valence-corrected chi connectivity index (χ2v) is 4.55. The van der Waals surface area contributed by atoms with Crippen molar-refractivity contribution < 1.29 is 5.11 Å². The largest absolute Gasteiger partial charge is 0.395 e. The lowest BCUT2D eigenvalue weighted by atomic mass is 10.1. The van der Waals surface area contributed by atoms with E-state index in [1.54, 1.807) is 12.1 Å². The Labute approximate surface area is 113 Å². The molecular formula is C13H20ClN3O. The molecule has 0 bridgehead atoms. The number of hydrogen-bond acceptors (Lipinski definition) is 3. The molecular weight excluding hydrogens is 250 g/mol. The maximum Gasteiger partial charge on any atom is 0.122 e. The van der Waals surface area contributed by atoms with Gasteiger partial charge in [0.25, 0.3) is 0 Å².